The van der Waals surface area contributed by atoms with Gasteiger partial charge in [-0.2, -0.15) is 4.31 Å². The fraction of sp³-hybridized carbons (Fsp3) is 0.562. The average molecular weight is 354 g/mol. The summed E-state index contributed by atoms with van der Waals surface area (Å²) in [6.45, 7) is 4.27. The number of ether oxygens (including phenoxy) is 2. The number of carbonyl (C=O) groups excluding carboxylic acids is 1. The number of benzene rings is 1. The van der Waals surface area contributed by atoms with Crippen molar-refractivity contribution in [3.63, 3.8) is 0 Å². The van der Waals surface area contributed by atoms with Crippen molar-refractivity contribution in [1.29, 1.82) is 0 Å². The monoisotopic (exact) mass is 354 g/mol. The molecule has 3 rings (SSSR count). The lowest BCUT2D eigenvalue weighted by atomic mass is 10.1. The molecule has 0 unspecified atom stereocenters. The van der Waals surface area contributed by atoms with Gasteiger partial charge in [-0.05, 0) is 25.1 Å². The van der Waals surface area contributed by atoms with Crippen LogP contribution in [-0.2, 0) is 10.0 Å². The number of hydrogen-bond acceptors (Lipinski definition) is 5. The highest BCUT2D eigenvalue weighted by Crippen LogP contribution is 2.30. The molecule has 1 saturated heterocycles. The quantitative estimate of drug-likeness (QED) is 0.808. The van der Waals surface area contributed by atoms with Crippen molar-refractivity contribution >= 4 is 15.9 Å². The Morgan fingerprint density at radius 1 is 1.08 bits per heavy atom. The molecule has 0 N–H and O–H groups in total. The largest absolute Gasteiger partial charge is 0.490 e. The number of fused-ring (bicyclic) bond motifs is 1. The van der Waals surface area contributed by atoms with Crippen LogP contribution < -0.4 is 9.47 Å². The number of hydrogen-bond donors (Lipinski definition) is 0. The van der Waals surface area contributed by atoms with Crippen LogP contribution in [0.1, 0.15) is 23.7 Å². The molecule has 0 atom stereocenters. The highest BCUT2D eigenvalue weighted by molar-refractivity contribution is 7.89. The minimum atomic E-state index is -3.19. The fourth-order valence-electron chi connectivity index (χ4n) is 2.83. The van der Waals surface area contributed by atoms with E-state index in [9.17, 15) is 13.2 Å². The van der Waals surface area contributed by atoms with Gasteiger partial charge in [0, 0.05) is 38.2 Å². The van der Waals surface area contributed by atoms with Crippen LogP contribution in [0.2, 0.25) is 0 Å². The molecule has 2 aliphatic heterocycles. The van der Waals surface area contributed by atoms with Crippen LogP contribution in [0.15, 0.2) is 18.2 Å². The minimum absolute atomic E-state index is 0.0864. The van der Waals surface area contributed by atoms with E-state index >= 15 is 0 Å². The molecule has 1 fully saturated rings. The molecule has 1 aromatic carbocycles. The molecule has 1 aromatic rings. The van der Waals surface area contributed by atoms with Gasteiger partial charge in [-0.3, -0.25) is 4.79 Å². The lowest BCUT2D eigenvalue weighted by molar-refractivity contribution is 0.0697. The van der Waals surface area contributed by atoms with E-state index in [-0.39, 0.29) is 11.7 Å². The van der Waals surface area contributed by atoms with Crippen LogP contribution in [0, 0.1) is 0 Å². The van der Waals surface area contributed by atoms with Gasteiger partial charge in [-0.1, -0.05) is 0 Å². The third kappa shape index (κ3) is 3.49. The van der Waals surface area contributed by atoms with Crippen molar-refractivity contribution in [2.45, 2.75) is 13.3 Å². The summed E-state index contributed by atoms with van der Waals surface area (Å²) in [6.07, 6.45) is 0.811. The molecule has 1 amide bonds. The van der Waals surface area contributed by atoms with E-state index in [0.717, 1.165) is 6.42 Å². The molecule has 0 aliphatic carbocycles. The lowest BCUT2D eigenvalue weighted by Gasteiger charge is -2.33. The first kappa shape index (κ1) is 17.0. The van der Waals surface area contributed by atoms with Crippen LogP contribution in [-0.4, -0.2) is 68.7 Å². The molecule has 0 spiro atoms. The second-order valence-electron chi connectivity index (χ2n) is 5.80. The second-order valence-corrected chi connectivity index (χ2v) is 8.06. The zero-order valence-corrected chi connectivity index (χ0v) is 14.5. The topological polar surface area (TPSA) is 76.2 Å². The first-order chi connectivity index (χ1) is 11.5. The smallest absolute Gasteiger partial charge is 0.254 e. The molecule has 0 bridgehead atoms. The maximum atomic E-state index is 12.7. The number of sulfonamides is 1. The second kappa shape index (κ2) is 6.98. The maximum absolute atomic E-state index is 12.7. The van der Waals surface area contributed by atoms with Crippen LogP contribution in [0.25, 0.3) is 0 Å². The molecule has 132 valence electrons. The summed E-state index contributed by atoms with van der Waals surface area (Å²) in [6, 6.07) is 5.19. The molecular weight excluding hydrogens is 332 g/mol. The Balaban J connectivity index is 1.69. The Bertz CT molecular complexity index is 711. The van der Waals surface area contributed by atoms with Crippen molar-refractivity contribution in [3.05, 3.63) is 23.8 Å². The molecule has 0 saturated carbocycles. The lowest BCUT2D eigenvalue weighted by Crippen LogP contribution is -2.50. The number of rotatable bonds is 3. The van der Waals surface area contributed by atoms with Crippen LogP contribution in [0.5, 0.6) is 11.5 Å². The van der Waals surface area contributed by atoms with Gasteiger partial charge in [0.1, 0.15) is 0 Å². The third-order valence-corrected chi connectivity index (χ3v) is 6.16. The molecular formula is C16H22N2O5S. The summed E-state index contributed by atoms with van der Waals surface area (Å²) in [4.78, 5) is 14.3. The zero-order valence-electron chi connectivity index (χ0n) is 13.7. The van der Waals surface area contributed by atoms with Crippen molar-refractivity contribution in [3.8, 4) is 11.5 Å². The number of carbonyl (C=O) groups is 1. The first-order valence-electron chi connectivity index (χ1n) is 8.18. The van der Waals surface area contributed by atoms with Gasteiger partial charge < -0.3 is 14.4 Å². The molecule has 0 radical (unpaired) electrons. The van der Waals surface area contributed by atoms with Crippen LogP contribution >= 0.6 is 0 Å². The van der Waals surface area contributed by atoms with Crippen LogP contribution in [0.4, 0.5) is 0 Å². The Morgan fingerprint density at radius 3 is 2.42 bits per heavy atom. The number of piperazine rings is 1. The molecule has 7 nitrogen and oxygen atoms in total. The summed E-state index contributed by atoms with van der Waals surface area (Å²) in [7, 11) is -3.19. The van der Waals surface area contributed by atoms with E-state index in [2.05, 4.69) is 0 Å². The predicted octanol–water partition coefficient (Wildman–Crippen LogP) is 0.955. The van der Waals surface area contributed by atoms with Crippen molar-refractivity contribution < 1.29 is 22.7 Å². The zero-order chi connectivity index (χ0) is 17.2. The first-order valence-corrected chi connectivity index (χ1v) is 9.79. The Hall–Kier alpha value is -1.80. The summed E-state index contributed by atoms with van der Waals surface area (Å²) in [5, 5.41) is 0. The van der Waals surface area contributed by atoms with Gasteiger partial charge in [0.05, 0.1) is 19.0 Å². The Labute approximate surface area is 142 Å². The van der Waals surface area contributed by atoms with Gasteiger partial charge in [0.15, 0.2) is 11.5 Å². The summed E-state index contributed by atoms with van der Waals surface area (Å²) < 4.78 is 36.4. The van der Waals surface area contributed by atoms with Crippen molar-refractivity contribution in [2.75, 3.05) is 45.1 Å². The molecule has 2 aliphatic rings. The highest BCUT2D eigenvalue weighted by atomic mass is 32.2. The van der Waals surface area contributed by atoms with Gasteiger partial charge >= 0.3 is 0 Å². The van der Waals surface area contributed by atoms with E-state index in [0.29, 0.717) is 56.5 Å². The molecule has 8 heteroatoms. The summed E-state index contributed by atoms with van der Waals surface area (Å²) in [5.41, 5.74) is 0.533. The van der Waals surface area contributed by atoms with E-state index in [1.807, 2.05) is 0 Å². The molecule has 2 heterocycles. The molecule has 24 heavy (non-hydrogen) atoms. The standard InChI is InChI=1S/C16H22N2O5S/c1-2-24(20,21)18-8-6-17(7-9-18)16(19)13-4-5-14-15(12-13)23-11-3-10-22-14/h4-5,12H,2-3,6-11H2,1H3. The number of nitrogens with zero attached hydrogens (tertiary/aromatic N) is 2. The highest BCUT2D eigenvalue weighted by Gasteiger charge is 2.28. The summed E-state index contributed by atoms with van der Waals surface area (Å²) in [5.74, 6) is 1.22. The van der Waals surface area contributed by atoms with Gasteiger partial charge in [0.25, 0.3) is 5.91 Å². The minimum Gasteiger partial charge on any atom is -0.490 e. The SMILES string of the molecule is CCS(=O)(=O)N1CCN(C(=O)c2ccc3c(c2)OCCCO3)CC1. The predicted molar refractivity (Wildman–Crippen MR) is 89.0 cm³/mol. The fourth-order valence-corrected chi connectivity index (χ4v) is 3.92. The number of amides is 1. The maximum Gasteiger partial charge on any atom is 0.254 e. The van der Waals surface area contributed by atoms with Gasteiger partial charge in [0.2, 0.25) is 10.0 Å². The van der Waals surface area contributed by atoms with E-state index in [1.165, 1.54) is 4.31 Å². The van der Waals surface area contributed by atoms with Crippen molar-refractivity contribution in [1.82, 2.24) is 9.21 Å². The van der Waals surface area contributed by atoms with Gasteiger partial charge in [-0.25, -0.2) is 8.42 Å². The average Bonchev–Trinajstić information content (AvgIpc) is 2.86. The Morgan fingerprint density at radius 2 is 1.75 bits per heavy atom. The van der Waals surface area contributed by atoms with Crippen molar-refractivity contribution in [2.24, 2.45) is 0 Å². The van der Waals surface area contributed by atoms with E-state index in [4.69, 9.17) is 9.47 Å². The normalized spacial score (nSPS) is 19.0. The Kier molecular flexibility index (Phi) is 4.96. The van der Waals surface area contributed by atoms with Gasteiger partial charge in [-0.15, -0.1) is 0 Å². The van der Waals surface area contributed by atoms with E-state index in [1.54, 1.807) is 30.0 Å². The van der Waals surface area contributed by atoms with E-state index < -0.39 is 10.0 Å². The summed E-state index contributed by atoms with van der Waals surface area (Å²) >= 11 is 0. The third-order valence-electron chi connectivity index (χ3n) is 4.28. The van der Waals surface area contributed by atoms with Crippen LogP contribution in [0.3, 0.4) is 0 Å². The molecule has 0 aromatic heterocycles.